The average Bonchev–Trinajstić information content (AvgIpc) is 2.75. The van der Waals surface area contributed by atoms with Crippen LogP contribution in [0.25, 0.3) is 0 Å². The largest absolute Gasteiger partial charge is 0.357 e. The van der Waals surface area contributed by atoms with Gasteiger partial charge in [-0.05, 0) is 61.2 Å². The van der Waals surface area contributed by atoms with E-state index in [4.69, 9.17) is 23.2 Å². The fourth-order valence-electron chi connectivity index (χ4n) is 3.42. The standard InChI is InChI=1S/C23H29Cl2N3O4S/c1-6-21(23(30)26-4)27(13-17-8-10-19(24)20(25)12-17)22(29)14-28(33(5,31)32)18-9-7-15(2)16(3)11-18/h7-12,21H,6,13-14H2,1-5H3,(H,26,30). The van der Waals surface area contributed by atoms with Crippen LogP contribution in [0.2, 0.25) is 10.0 Å². The van der Waals surface area contributed by atoms with Crippen molar-refractivity contribution in [1.29, 1.82) is 0 Å². The number of hydrogen-bond acceptors (Lipinski definition) is 4. The topological polar surface area (TPSA) is 86.8 Å². The summed E-state index contributed by atoms with van der Waals surface area (Å²) in [5, 5.41) is 3.27. The number of aryl methyl sites for hydroxylation is 2. The number of carbonyl (C=O) groups is 2. The fourth-order valence-corrected chi connectivity index (χ4v) is 4.58. The minimum absolute atomic E-state index is 0.0617. The van der Waals surface area contributed by atoms with Gasteiger partial charge in [0.1, 0.15) is 12.6 Å². The molecular weight excluding hydrogens is 485 g/mol. The van der Waals surface area contributed by atoms with Crippen molar-refractivity contribution in [2.24, 2.45) is 0 Å². The Morgan fingerprint density at radius 1 is 1.03 bits per heavy atom. The summed E-state index contributed by atoms with van der Waals surface area (Å²) in [6, 6.07) is 9.35. The second-order valence-corrected chi connectivity index (χ2v) is 10.6. The van der Waals surface area contributed by atoms with Crippen LogP contribution < -0.4 is 9.62 Å². The lowest BCUT2D eigenvalue weighted by atomic mass is 10.1. The lowest BCUT2D eigenvalue weighted by Crippen LogP contribution is -2.51. The maximum atomic E-state index is 13.5. The summed E-state index contributed by atoms with van der Waals surface area (Å²) < 4.78 is 26.3. The summed E-state index contributed by atoms with van der Waals surface area (Å²) in [5.41, 5.74) is 2.96. The first-order valence-electron chi connectivity index (χ1n) is 10.4. The van der Waals surface area contributed by atoms with E-state index in [2.05, 4.69) is 5.32 Å². The van der Waals surface area contributed by atoms with Crippen LogP contribution in [0.4, 0.5) is 5.69 Å². The second kappa shape index (κ2) is 11.2. The lowest BCUT2D eigenvalue weighted by Gasteiger charge is -2.32. The number of carbonyl (C=O) groups excluding carboxylic acids is 2. The van der Waals surface area contributed by atoms with Crippen LogP contribution in [0.15, 0.2) is 36.4 Å². The molecule has 1 unspecified atom stereocenters. The first-order chi connectivity index (χ1) is 15.4. The molecule has 0 aromatic heterocycles. The average molecular weight is 514 g/mol. The molecule has 0 saturated carbocycles. The van der Waals surface area contributed by atoms with Gasteiger partial charge in [0.15, 0.2) is 0 Å². The number of anilines is 1. The molecule has 180 valence electrons. The van der Waals surface area contributed by atoms with E-state index in [0.717, 1.165) is 21.7 Å². The molecule has 7 nitrogen and oxygen atoms in total. The van der Waals surface area contributed by atoms with E-state index in [0.29, 0.717) is 27.7 Å². The summed E-state index contributed by atoms with van der Waals surface area (Å²) >= 11 is 12.1. The van der Waals surface area contributed by atoms with Crippen LogP contribution >= 0.6 is 23.2 Å². The number of hydrogen-bond donors (Lipinski definition) is 1. The molecule has 33 heavy (non-hydrogen) atoms. The summed E-state index contributed by atoms with van der Waals surface area (Å²) in [5.74, 6) is -0.858. The van der Waals surface area contributed by atoms with E-state index >= 15 is 0 Å². The van der Waals surface area contributed by atoms with E-state index in [1.165, 1.54) is 11.9 Å². The first kappa shape index (κ1) is 27.0. The van der Waals surface area contributed by atoms with E-state index in [-0.39, 0.29) is 12.5 Å². The van der Waals surface area contributed by atoms with E-state index in [1.807, 2.05) is 13.8 Å². The molecule has 0 aliphatic carbocycles. The monoisotopic (exact) mass is 513 g/mol. The molecule has 0 radical (unpaired) electrons. The SMILES string of the molecule is CCC(C(=O)NC)N(Cc1ccc(Cl)c(Cl)c1)C(=O)CN(c1ccc(C)c(C)c1)S(C)(=O)=O. The smallest absolute Gasteiger partial charge is 0.244 e. The second-order valence-electron chi connectivity index (χ2n) is 7.85. The predicted octanol–water partition coefficient (Wildman–Crippen LogP) is 3.93. The van der Waals surface area contributed by atoms with Crippen molar-refractivity contribution in [2.75, 3.05) is 24.2 Å². The van der Waals surface area contributed by atoms with Crippen molar-refractivity contribution >= 4 is 50.7 Å². The Morgan fingerprint density at radius 2 is 1.70 bits per heavy atom. The number of rotatable bonds is 9. The zero-order valence-electron chi connectivity index (χ0n) is 19.4. The minimum atomic E-state index is -3.77. The minimum Gasteiger partial charge on any atom is -0.357 e. The van der Waals surface area contributed by atoms with Crippen LogP contribution in [-0.4, -0.2) is 51.0 Å². The molecule has 2 amide bonds. The van der Waals surface area contributed by atoms with Gasteiger partial charge in [0.05, 0.1) is 22.0 Å². The highest BCUT2D eigenvalue weighted by molar-refractivity contribution is 7.92. The van der Waals surface area contributed by atoms with Gasteiger partial charge in [-0.15, -0.1) is 0 Å². The maximum Gasteiger partial charge on any atom is 0.244 e. The van der Waals surface area contributed by atoms with Crippen LogP contribution in [0, 0.1) is 13.8 Å². The molecule has 1 atom stereocenters. The molecule has 10 heteroatoms. The van der Waals surface area contributed by atoms with Crippen LogP contribution in [-0.2, 0) is 26.2 Å². The Morgan fingerprint density at radius 3 is 2.21 bits per heavy atom. The van der Waals surface area contributed by atoms with Crippen LogP contribution in [0.1, 0.15) is 30.0 Å². The normalized spacial score (nSPS) is 12.2. The molecular formula is C23H29Cl2N3O4S. The highest BCUT2D eigenvalue weighted by Gasteiger charge is 2.31. The van der Waals surface area contributed by atoms with E-state index in [1.54, 1.807) is 43.3 Å². The molecule has 0 aliphatic rings. The molecule has 0 fully saturated rings. The third-order valence-electron chi connectivity index (χ3n) is 5.43. The van der Waals surface area contributed by atoms with Crippen molar-refractivity contribution in [3.63, 3.8) is 0 Å². The third-order valence-corrected chi connectivity index (χ3v) is 7.31. The number of likely N-dealkylation sites (N-methyl/N-ethyl adjacent to an activating group) is 1. The number of sulfonamides is 1. The van der Waals surface area contributed by atoms with E-state index in [9.17, 15) is 18.0 Å². The molecule has 1 N–H and O–H groups in total. The number of benzene rings is 2. The molecule has 2 rings (SSSR count). The lowest BCUT2D eigenvalue weighted by molar-refractivity contribution is -0.140. The number of nitrogens with one attached hydrogen (secondary N) is 1. The van der Waals surface area contributed by atoms with Gasteiger partial charge in [-0.3, -0.25) is 13.9 Å². The summed E-state index contributed by atoms with van der Waals surface area (Å²) in [7, 11) is -2.28. The summed E-state index contributed by atoms with van der Waals surface area (Å²) in [6.45, 7) is 5.19. The van der Waals surface area contributed by atoms with E-state index < -0.39 is 28.5 Å². The van der Waals surface area contributed by atoms with Crippen molar-refractivity contribution in [1.82, 2.24) is 10.2 Å². The number of nitrogens with zero attached hydrogens (tertiary/aromatic N) is 2. The molecule has 0 heterocycles. The Labute approximate surface area is 205 Å². The van der Waals surface area contributed by atoms with Crippen molar-refractivity contribution in [3.8, 4) is 0 Å². The fraction of sp³-hybridized carbons (Fsp3) is 0.391. The molecule has 0 bridgehead atoms. The molecule has 0 spiro atoms. The number of halogens is 2. The Balaban J connectivity index is 2.46. The molecule has 0 saturated heterocycles. The molecule has 2 aromatic carbocycles. The van der Waals surface area contributed by atoms with Gasteiger partial charge in [-0.25, -0.2) is 8.42 Å². The van der Waals surface area contributed by atoms with Gasteiger partial charge in [-0.1, -0.05) is 42.3 Å². The zero-order chi connectivity index (χ0) is 24.9. The van der Waals surface area contributed by atoms with Gasteiger partial charge in [0.25, 0.3) is 0 Å². The highest BCUT2D eigenvalue weighted by atomic mass is 35.5. The maximum absolute atomic E-state index is 13.5. The number of amides is 2. The zero-order valence-corrected chi connectivity index (χ0v) is 21.7. The predicted molar refractivity (Wildman–Crippen MR) is 133 cm³/mol. The third kappa shape index (κ3) is 6.85. The van der Waals surface area contributed by atoms with Crippen LogP contribution in [0.5, 0.6) is 0 Å². The Hall–Kier alpha value is -2.29. The van der Waals surface area contributed by atoms with Gasteiger partial charge in [0, 0.05) is 13.6 Å². The van der Waals surface area contributed by atoms with Gasteiger partial charge in [0.2, 0.25) is 21.8 Å². The van der Waals surface area contributed by atoms with Crippen molar-refractivity contribution < 1.29 is 18.0 Å². The Kier molecular flexibility index (Phi) is 9.17. The Bertz CT molecular complexity index is 1140. The highest BCUT2D eigenvalue weighted by Crippen LogP contribution is 2.25. The first-order valence-corrected chi connectivity index (χ1v) is 13.0. The van der Waals surface area contributed by atoms with Crippen molar-refractivity contribution in [3.05, 3.63) is 63.1 Å². The van der Waals surface area contributed by atoms with Gasteiger partial charge >= 0.3 is 0 Å². The molecule has 2 aromatic rings. The van der Waals surface area contributed by atoms with Gasteiger partial charge in [-0.2, -0.15) is 0 Å². The van der Waals surface area contributed by atoms with Gasteiger partial charge < -0.3 is 10.2 Å². The summed E-state index contributed by atoms with van der Waals surface area (Å²) in [6.07, 6.45) is 1.39. The van der Waals surface area contributed by atoms with Crippen molar-refractivity contribution in [2.45, 2.75) is 39.8 Å². The molecule has 0 aliphatic heterocycles. The van der Waals surface area contributed by atoms with Crippen LogP contribution in [0.3, 0.4) is 0 Å². The summed E-state index contributed by atoms with van der Waals surface area (Å²) in [4.78, 5) is 27.4. The quantitative estimate of drug-likeness (QED) is 0.550.